The van der Waals surface area contributed by atoms with Gasteiger partial charge < -0.3 is 5.41 Å². The molecule has 0 saturated carbocycles. The molecule has 0 fully saturated rings. The molecule has 3 N–H and O–H groups in total. The zero-order chi connectivity index (χ0) is 22.2. The fraction of sp³-hybridized carbons (Fsp3) is 0.143. The van der Waals surface area contributed by atoms with Gasteiger partial charge >= 0.3 is 0 Å². The summed E-state index contributed by atoms with van der Waals surface area (Å²) in [4.78, 5) is 0. The standard InChI is InChI=1S/C21H23N5O3S/c1-4-17(11-10-16(2)22)23-25-19-12-13-20(15-21(3,14-19)30(27,28)29)26-24-18-8-6-5-7-9-18/h4-15,22,25H,1H2,2-3H3,(H,27,28,29). The van der Waals surface area contributed by atoms with Gasteiger partial charge in [-0.15, -0.1) is 0 Å². The number of hydrogen-bond donors (Lipinski definition) is 3. The molecular weight excluding hydrogens is 402 g/mol. The fourth-order valence-electron chi connectivity index (χ4n) is 2.30. The van der Waals surface area contributed by atoms with Crippen molar-refractivity contribution in [2.75, 3.05) is 0 Å². The van der Waals surface area contributed by atoms with Crippen LogP contribution in [0.3, 0.4) is 0 Å². The van der Waals surface area contributed by atoms with Gasteiger partial charge in [0.05, 0.1) is 22.8 Å². The molecule has 0 amide bonds. The average Bonchev–Trinajstić information content (AvgIpc) is 2.86. The highest BCUT2D eigenvalue weighted by Crippen LogP contribution is 2.27. The van der Waals surface area contributed by atoms with Crippen LogP contribution in [0.15, 0.2) is 106 Å². The van der Waals surface area contributed by atoms with Gasteiger partial charge in [-0.2, -0.15) is 23.7 Å². The highest BCUT2D eigenvalue weighted by Gasteiger charge is 2.35. The maximum atomic E-state index is 12.0. The van der Waals surface area contributed by atoms with Gasteiger partial charge in [0.2, 0.25) is 0 Å². The summed E-state index contributed by atoms with van der Waals surface area (Å²) in [5.41, 5.74) is 4.69. The van der Waals surface area contributed by atoms with Gasteiger partial charge in [0.15, 0.2) is 0 Å². The van der Waals surface area contributed by atoms with Gasteiger partial charge in [0.25, 0.3) is 10.1 Å². The second-order valence-corrected chi connectivity index (χ2v) is 8.40. The van der Waals surface area contributed by atoms with E-state index in [-0.39, 0.29) is 5.70 Å². The summed E-state index contributed by atoms with van der Waals surface area (Å²) < 4.78 is 32.1. The van der Waals surface area contributed by atoms with Crippen molar-refractivity contribution in [2.45, 2.75) is 18.6 Å². The van der Waals surface area contributed by atoms with E-state index in [2.05, 4.69) is 27.3 Å². The molecule has 0 spiro atoms. The number of benzene rings is 1. The molecule has 1 aromatic rings. The van der Waals surface area contributed by atoms with Gasteiger partial charge in [0, 0.05) is 5.71 Å². The lowest BCUT2D eigenvalue weighted by Gasteiger charge is -2.18. The fourth-order valence-corrected chi connectivity index (χ4v) is 2.84. The summed E-state index contributed by atoms with van der Waals surface area (Å²) in [7, 11) is -4.51. The Morgan fingerprint density at radius 3 is 2.47 bits per heavy atom. The van der Waals surface area contributed by atoms with Crippen LogP contribution in [0.5, 0.6) is 0 Å². The zero-order valence-corrected chi connectivity index (χ0v) is 17.5. The molecule has 0 bridgehead atoms. The maximum Gasteiger partial charge on any atom is 0.277 e. The molecule has 8 nitrogen and oxygen atoms in total. The third-order valence-electron chi connectivity index (χ3n) is 3.93. The molecule has 0 radical (unpaired) electrons. The minimum Gasteiger partial charge on any atom is -0.306 e. The Hall–Kier alpha value is -3.43. The van der Waals surface area contributed by atoms with E-state index in [4.69, 9.17) is 5.41 Å². The number of allylic oxidation sites excluding steroid dienone is 5. The first kappa shape index (κ1) is 22.9. The van der Waals surface area contributed by atoms with E-state index >= 15 is 0 Å². The van der Waals surface area contributed by atoms with Crippen molar-refractivity contribution in [1.29, 1.82) is 5.41 Å². The van der Waals surface area contributed by atoms with Crippen LogP contribution < -0.4 is 5.43 Å². The molecule has 0 heterocycles. The predicted octanol–water partition coefficient (Wildman–Crippen LogP) is 4.48. The molecule has 156 valence electrons. The Morgan fingerprint density at radius 2 is 1.87 bits per heavy atom. The lowest BCUT2D eigenvalue weighted by atomic mass is 10.1. The van der Waals surface area contributed by atoms with Crippen molar-refractivity contribution in [3.8, 4) is 0 Å². The van der Waals surface area contributed by atoms with Crippen molar-refractivity contribution in [3.05, 3.63) is 90.8 Å². The van der Waals surface area contributed by atoms with Crippen LogP contribution in [-0.4, -0.2) is 29.1 Å². The Balaban J connectivity index is 2.37. The smallest absolute Gasteiger partial charge is 0.277 e. The van der Waals surface area contributed by atoms with E-state index in [0.29, 0.717) is 22.8 Å². The normalized spacial score (nSPS) is 20.0. The first-order chi connectivity index (χ1) is 14.1. The largest absolute Gasteiger partial charge is 0.306 e. The molecule has 0 aromatic heterocycles. The predicted molar refractivity (Wildman–Crippen MR) is 120 cm³/mol. The Bertz CT molecular complexity index is 1100. The second kappa shape index (κ2) is 9.86. The van der Waals surface area contributed by atoms with Gasteiger partial charge in [-0.3, -0.25) is 9.98 Å². The molecule has 1 aliphatic rings. The summed E-state index contributed by atoms with van der Waals surface area (Å²) >= 11 is 0. The molecule has 2 rings (SSSR count). The van der Waals surface area contributed by atoms with Crippen LogP contribution >= 0.6 is 0 Å². The third-order valence-corrected chi connectivity index (χ3v) is 5.28. The number of nitrogens with zero attached hydrogens (tertiary/aromatic N) is 3. The third kappa shape index (κ3) is 6.57. The minimum atomic E-state index is -4.51. The molecule has 1 atom stereocenters. The van der Waals surface area contributed by atoms with E-state index in [0.717, 1.165) is 0 Å². The number of nitrogens with one attached hydrogen (secondary N) is 2. The highest BCUT2D eigenvalue weighted by atomic mass is 32.2. The summed E-state index contributed by atoms with van der Waals surface area (Å²) in [5.74, 6) is 0. The topological polar surface area (TPSA) is 127 Å². The molecule has 0 saturated heterocycles. The van der Waals surface area contributed by atoms with E-state index in [1.165, 1.54) is 25.2 Å². The second-order valence-electron chi connectivity index (χ2n) is 6.57. The number of hydrogen-bond acceptors (Lipinski definition) is 7. The number of azo groups is 1. The highest BCUT2D eigenvalue weighted by molar-refractivity contribution is 7.87. The zero-order valence-electron chi connectivity index (χ0n) is 16.6. The maximum absolute atomic E-state index is 12.0. The van der Waals surface area contributed by atoms with Crippen LogP contribution in [0.1, 0.15) is 13.8 Å². The lowest BCUT2D eigenvalue weighted by Crippen LogP contribution is -2.31. The van der Waals surface area contributed by atoms with Crippen LogP contribution in [0.2, 0.25) is 0 Å². The van der Waals surface area contributed by atoms with Gasteiger partial charge in [-0.25, -0.2) is 0 Å². The Labute approximate surface area is 176 Å². The summed E-state index contributed by atoms with van der Waals surface area (Å²) in [6, 6.07) is 8.97. The van der Waals surface area contributed by atoms with Gasteiger partial charge in [-0.05, 0) is 68.5 Å². The molecule has 1 aromatic carbocycles. The van der Waals surface area contributed by atoms with Crippen LogP contribution in [0.25, 0.3) is 0 Å². The van der Waals surface area contributed by atoms with Crippen LogP contribution in [0.4, 0.5) is 5.69 Å². The SMILES string of the molecule is C=CC(C=CC(C)=N)=NNC1=CC(C)(S(=O)(=O)O)C=C(N=Nc2ccccc2)C=C1. The van der Waals surface area contributed by atoms with Gasteiger partial charge in [0.1, 0.15) is 4.75 Å². The van der Waals surface area contributed by atoms with Crippen molar-refractivity contribution < 1.29 is 13.0 Å². The van der Waals surface area contributed by atoms with Crippen molar-refractivity contribution in [3.63, 3.8) is 0 Å². The van der Waals surface area contributed by atoms with Crippen LogP contribution in [0, 0.1) is 5.41 Å². The summed E-state index contributed by atoms with van der Waals surface area (Å²) in [5, 5.41) is 19.7. The minimum absolute atomic E-state index is 0.249. The molecule has 0 aliphatic heterocycles. The number of hydrazone groups is 1. The summed E-state index contributed by atoms with van der Waals surface area (Å²) in [6.45, 7) is 6.61. The van der Waals surface area contributed by atoms with Crippen molar-refractivity contribution in [2.24, 2.45) is 15.3 Å². The molecular formula is C21H23N5O3S. The summed E-state index contributed by atoms with van der Waals surface area (Å²) in [6.07, 6.45) is 10.4. The van der Waals surface area contributed by atoms with Crippen LogP contribution in [-0.2, 0) is 10.1 Å². The molecule has 1 unspecified atom stereocenters. The average molecular weight is 426 g/mol. The van der Waals surface area contributed by atoms with Crippen molar-refractivity contribution >= 4 is 27.2 Å². The number of rotatable bonds is 8. The monoisotopic (exact) mass is 425 g/mol. The van der Waals surface area contributed by atoms with E-state index in [1.807, 2.05) is 6.07 Å². The van der Waals surface area contributed by atoms with Gasteiger partial charge in [-0.1, -0.05) is 24.8 Å². The Kier molecular flexibility index (Phi) is 7.51. The van der Waals surface area contributed by atoms with E-state index in [1.54, 1.807) is 55.5 Å². The quantitative estimate of drug-likeness (QED) is 0.245. The molecule has 9 heteroatoms. The molecule has 1 aliphatic carbocycles. The first-order valence-corrected chi connectivity index (χ1v) is 10.3. The first-order valence-electron chi connectivity index (χ1n) is 8.90. The van der Waals surface area contributed by atoms with E-state index in [9.17, 15) is 13.0 Å². The Morgan fingerprint density at radius 1 is 1.17 bits per heavy atom. The van der Waals surface area contributed by atoms with Crippen molar-refractivity contribution in [1.82, 2.24) is 5.43 Å². The lowest BCUT2D eigenvalue weighted by molar-refractivity contribution is 0.465. The van der Waals surface area contributed by atoms with E-state index < -0.39 is 14.9 Å². The molecule has 30 heavy (non-hydrogen) atoms.